The number of anilines is 3. The van der Waals surface area contributed by atoms with Crippen LogP contribution in [0.5, 0.6) is 0 Å². The number of rotatable bonds is 3. The van der Waals surface area contributed by atoms with E-state index >= 15 is 0 Å². The Bertz CT molecular complexity index is 575. The van der Waals surface area contributed by atoms with Crippen LogP contribution in [-0.4, -0.2) is 9.78 Å². The second-order valence-electron chi connectivity index (χ2n) is 4.29. The van der Waals surface area contributed by atoms with E-state index in [4.69, 9.17) is 5.73 Å². The number of hydrogen-bond acceptors (Lipinski definition) is 3. The molecule has 1 aromatic heterocycles. The Morgan fingerprint density at radius 2 is 2.17 bits per heavy atom. The Hall–Kier alpha value is -1.49. The lowest BCUT2D eigenvalue weighted by Gasteiger charge is -2.10. The van der Waals surface area contributed by atoms with E-state index in [-0.39, 0.29) is 0 Å². The van der Waals surface area contributed by atoms with Gasteiger partial charge in [-0.25, -0.2) is 0 Å². The predicted molar refractivity (Wildman–Crippen MR) is 79.2 cm³/mol. The standard InChI is InChI=1S/C13H17BrN4/c1-4-10-12(15)13(18(3)17-10)16-11-7-8(2)5-6-9(11)14/h5-7,16H,4,15H2,1-3H3. The van der Waals surface area contributed by atoms with Crippen molar-refractivity contribution in [2.24, 2.45) is 7.05 Å². The predicted octanol–water partition coefficient (Wildman–Crippen LogP) is 3.38. The van der Waals surface area contributed by atoms with Crippen LogP contribution in [0.25, 0.3) is 0 Å². The second kappa shape index (κ2) is 5.02. The van der Waals surface area contributed by atoms with Crippen molar-refractivity contribution in [1.82, 2.24) is 9.78 Å². The van der Waals surface area contributed by atoms with E-state index in [2.05, 4.69) is 45.4 Å². The molecular formula is C13H17BrN4. The molecule has 4 nitrogen and oxygen atoms in total. The Balaban J connectivity index is 2.39. The normalized spacial score (nSPS) is 10.7. The van der Waals surface area contributed by atoms with Crippen molar-refractivity contribution in [3.63, 3.8) is 0 Å². The minimum absolute atomic E-state index is 0.716. The molecule has 0 amide bonds. The summed E-state index contributed by atoms with van der Waals surface area (Å²) in [5.74, 6) is 0.832. The van der Waals surface area contributed by atoms with E-state index < -0.39 is 0 Å². The Morgan fingerprint density at radius 3 is 2.78 bits per heavy atom. The smallest absolute Gasteiger partial charge is 0.152 e. The summed E-state index contributed by atoms with van der Waals surface area (Å²) in [4.78, 5) is 0. The van der Waals surface area contributed by atoms with Crippen molar-refractivity contribution in [1.29, 1.82) is 0 Å². The lowest BCUT2D eigenvalue weighted by Crippen LogP contribution is -2.02. The Kier molecular flexibility index (Phi) is 3.61. The van der Waals surface area contributed by atoms with E-state index in [1.165, 1.54) is 5.56 Å². The number of nitrogens with zero attached hydrogens (tertiary/aromatic N) is 2. The van der Waals surface area contributed by atoms with Gasteiger partial charge in [0.15, 0.2) is 5.82 Å². The summed E-state index contributed by atoms with van der Waals surface area (Å²) in [6, 6.07) is 6.15. The first kappa shape index (κ1) is 13.0. The molecule has 0 saturated carbocycles. The summed E-state index contributed by atoms with van der Waals surface area (Å²) < 4.78 is 2.79. The molecule has 2 rings (SSSR count). The molecule has 1 aromatic carbocycles. The molecule has 0 bridgehead atoms. The van der Waals surface area contributed by atoms with Gasteiger partial charge in [0.1, 0.15) is 0 Å². The molecular weight excluding hydrogens is 292 g/mol. The summed E-state index contributed by atoms with van der Waals surface area (Å²) in [7, 11) is 1.89. The van der Waals surface area contributed by atoms with E-state index in [9.17, 15) is 0 Å². The van der Waals surface area contributed by atoms with E-state index in [0.717, 1.165) is 28.1 Å². The van der Waals surface area contributed by atoms with Gasteiger partial charge >= 0.3 is 0 Å². The molecule has 0 saturated heterocycles. The average molecular weight is 309 g/mol. The number of halogens is 1. The van der Waals surface area contributed by atoms with Crippen LogP contribution in [0.1, 0.15) is 18.2 Å². The van der Waals surface area contributed by atoms with Crippen molar-refractivity contribution >= 4 is 33.1 Å². The van der Waals surface area contributed by atoms with Crippen molar-refractivity contribution in [3.05, 3.63) is 33.9 Å². The molecule has 0 aliphatic heterocycles. The SMILES string of the molecule is CCc1nn(C)c(Nc2cc(C)ccc2Br)c1N. The second-order valence-corrected chi connectivity index (χ2v) is 5.15. The molecule has 0 unspecified atom stereocenters. The molecule has 0 spiro atoms. The number of nitrogen functional groups attached to an aromatic ring is 1. The molecule has 0 radical (unpaired) electrons. The highest BCUT2D eigenvalue weighted by Gasteiger charge is 2.13. The molecule has 3 N–H and O–H groups in total. The first-order valence-corrected chi connectivity index (χ1v) is 6.66. The zero-order valence-corrected chi connectivity index (χ0v) is 12.4. The number of aryl methyl sites for hydroxylation is 3. The fourth-order valence-corrected chi connectivity index (χ4v) is 2.21. The summed E-state index contributed by atoms with van der Waals surface area (Å²) in [5.41, 5.74) is 9.91. The number of nitrogens with two attached hydrogens (primary N) is 1. The molecule has 2 aromatic rings. The van der Waals surface area contributed by atoms with Gasteiger partial charge in [-0.3, -0.25) is 4.68 Å². The van der Waals surface area contributed by atoms with Crippen LogP contribution in [0.15, 0.2) is 22.7 Å². The molecule has 96 valence electrons. The fraction of sp³-hybridized carbons (Fsp3) is 0.308. The van der Waals surface area contributed by atoms with Crippen LogP contribution in [0, 0.1) is 6.92 Å². The summed E-state index contributed by atoms with van der Waals surface area (Å²) in [5, 5.41) is 7.72. The quantitative estimate of drug-likeness (QED) is 0.914. The summed E-state index contributed by atoms with van der Waals surface area (Å²) in [6.45, 7) is 4.10. The van der Waals surface area contributed by atoms with Gasteiger partial charge in [-0.2, -0.15) is 5.10 Å². The van der Waals surface area contributed by atoms with Gasteiger partial charge in [0.05, 0.1) is 17.1 Å². The molecule has 0 atom stereocenters. The average Bonchev–Trinajstić information content (AvgIpc) is 2.61. The lowest BCUT2D eigenvalue weighted by molar-refractivity contribution is 0.753. The van der Waals surface area contributed by atoms with Gasteiger partial charge in [-0.15, -0.1) is 0 Å². The molecule has 1 heterocycles. The van der Waals surface area contributed by atoms with Crippen molar-refractivity contribution < 1.29 is 0 Å². The largest absolute Gasteiger partial charge is 0.394 e. The van der Waals surface area contributed by atoms with Crippen molar-refractivity contribution in [2.45, 2.75) is 20.3 Å². The van der Waals surface area contributed by atoms with Crippen molar-refractivity contribution in [2.75, 3.05) is 11.1 Å². The number of hydrogen-bond donors (Lipinski definition) is 2. The van der Waals surface area contributed by atoms with Gasteiger partial charge in [0.25, 0.3) is 0 Å². The van der Waals surface area contributed by atoms with Crippen LogP contribution < -0.4 is 11.1 Å². The summed E-state index contributed by atoms with van der Waals surface area (Å²) in [6.07, 6.45) is 0.830. The van der Waals surface area contributed by atoms with E-state index in [1.807, 2.05) is 20.0 Å². The zero-order valence-electron chi connectivity index (χ0n) is 10.8. The third-order valence-electron chi connectivity index (χ3n) is 2.87. The maximum absolute atomic E-state index is 6.09. The number of nitrogens with one attached hydrogen (secondary N) is 1. The first-order valence-electron chi connectivity index (χ1n) is 5.87. The maximum Gasteiger partial charge on any atom is 0.152 e. The molecule has 18 heavy (non-hydrogen) atoms. The van der Waals surface area contributed by atoms with Crippen LogP contribution in [0.2, 0.25) is 0 Å². The highest BCUT2D eigenvalue weighted by molar-refractivity contribution is 9.10. The molecule has 0 fully saturated rings. The van der Waals surface area contributed by atoms with Gasteiger partial charge in [-0.05, 0) is 47.0 Å². The van der Waals surface area contributed by atoms with Gasteiger partial charge < -0.3 is 11.1 Å². The van der Waals surface area contributed by atoms with Crippen LogP contribution >= 0.6 is 15.9 Å². The third kappa shape index (κ3) is 2.36. The maximum atomic E-state index is 6.09. The topological polar surface area (TPSA) is 55.9 Å². The zero-order chi connectivity index (χ0) is 13.3. The first-order chi connectivity index (χ1) is 8.52. The van der Waals surface area contributed by atoms with Gasteiger partial charge in [0.2, 0.25) is 0 Å². The molecule has 0 aliphatic rings. The Morgan fingerprint density at radius 1 is 1.44 bits per heavy atom. The lowest BCUT2D eigenvalue weighted by atomic mass is 10.2. The minimum Gasteiger partial charge on any atom is -0.394 e. The number of aromatic nitrogens is 2. The van der Waals surface area contributed by atoms with E-state index in [1.54, 1.807) is 4.68 Å². The third-order valence-corrected chi connectivity index (χ3v) is 3.56. The van der Waals surface area contributed by atoms with Crippen molar-refractivity contribution in [3.8, 4) is 0 Å². The highest BCUT2D eigenvalue weighted by Crippen LogP contribution is 2.30. The highest BCUT2D eigenvalue weighted by atomic mass is 79.9. The molecule has 5 heteroatoms. The fourth-order valence-electron chi connectivity index (χ4n) is 1.87. The number of benzene rings is 1. The molecule has 0 aliphatic carbocycles. The minimum atomic E-state index is 0.716. The van der Waals surface area contributed by atoms with Crippen LogP contribution in [0.4, 0.5) is 17.2 Å². The van der Waals surface area contributed by atoms with Gasteiger partial charge in [0, 0.05) is 11.5 Å². The van der Waals surface area contributed by atoms with E-state index in [0.29, 0.717) is 5.69 Å². The van der Waals surface area contributed by atoms with Crippen LogP contribution in [-0.2, 0) is 13.5 Å². The monoisotopic (exact) mass is 308 g/mol. The summed E-state index contributed by atoms with van der Waals surface area (Å²) >= 11 is 3.53. The van der Waals surface area contributed by atoms with Gasteiger partial charge in [-0.1, -0.05) is 13.0 Å². The van der Waals surface area contributed by atoms with Crippen LogP contribution in [0.3, 0.4) is 0 Å². The Labute approximate surface area is 115 Å².